The normalized spacial score (nSPS) is 15.9. The highest BCUT2D eigenvalue weighted by Crippen LogP contribution is 1.89. The van der Waals surface area contributed by atoms with Crippen LogP contribution >= 0.6 is 0 Å². The van der Waals surface area contributed by atoms with Gasteiger partial charge >= 0.3 is 6.09 Å². The summed E-state index contributed by atoms with van der Waals surface area (Å²) in [7, 11) is 0. The predicted octanol–water partition coefficient (Wildman–Crippen LogP) is -1.00. The fourth-order valence-electron chi connectivity index (χ4n) is 0.477. The van der Waals surface area contributed by atoms with E-state index < -0.39 is 24.8 Å². The fraction of sp³-hybridized carbons (Fsp3) is 0.800. The molecule has 0 aromatic rings. The van der Waals surface area contributed by atoms with Crippen LogP contribution in [0.2, 0.25) is 0 Å². The molecule has 5 nitrogen and oxygen atoms in total. The number of hydrogen-bond acceptors (Lipinski definition) is 3. The Morgan fingerprint density at radius 1 is 1.70 bits per heavy atom. The lowest BCUT2D eigenvalue weighted by atomic mass is 10.2. The van der Waals surface area contributed by atoms with Crippen LogP contribution in [0.1, 0.15) is 6.92 Å². The number of amides is 1. The first-order chi connectivity index (χ1) is 4.57. The van der Waals surface area contributed by atoms with E-state index in [1.54, 1.807) is 0 Å². The van der Waals surface area contributed by atoms with Crippen LogP contribution < -0.4 is 5.32 Å². The van der Waals surface area contributed by atoms with E-state index in [1.165, 1.54) is 6.92 Å². The molecule has 0 saturated heterocycles. The first kappa shape index (κ1) is 9.19. The van der Waals surface area contributed by atoms with Gasteiger partial charge in [0.1, 0.15) is 0 Å². The molecule has 4 N–H and O–H groups in total. The van der Waals surface area contributed by atoms with Gasteiger partial charge in [-0.2, -0.15) is 0 Å². The molecule has 2 atom stereocenters. The zero-order valence-electron chi connectivity index (χ0n) is 5.61. The molecule has 0 heterocycles. The zero-order valence-corrected chi connectivity index (χ0v) is 5.61. The molecule has 2 unspecified atom stereocenters. The van der Waals surface area contributed by atoms with Gasteiger partial charge in [-0.1, -0.05) is 0 Å². The highest BCUT2D eigenvalue weighted by atomic mass is 16.4. The maximum atomic E-state index is 9.94. The number of aliphatic hydroxyl groups excluding tert-OH is 2. The predicted molar refractivity (Wildman–Crippen MR) is 33.7 cm³/mol. The Morgan fingerprint density at radius 3 is 2.30 bits per heavy atom. The Hall–Kier alpha value is -0.810. The summed E-state index contributed by atoms with van der Waals surface area (Å²) in [5, 5.41) is 27.3. The third-order valence-electron chi connectivity index (χ3n) is 1.09. The van der Waals surface area contributed by atoms with Crippen molar-refractivity contribution in [3.05, 3.63) is 0 Å². The van der Waals surface area contributed by atoms with Crippen LogP contribution in [0.5, 0.6) is 0 Å². The molecule has 0 bridgehead atoms. The van der Waals surface area contributed by atoms with Crippen molar-refractivity contribution in [3.8, 4) is 0 Å². The second-order valence-corrected chi connectivity index (χ2v) is 1.98. The molecule has 0 radical (unpaired) electrons. The van der Waals surface area contributed by atoms with Crippen molar-refractivity contribution in [3.63, 3.8) is 0 Å². The standard InChI is InChI=1S/C5H11NO4/c1-3(8)4(2-7)6-5(9)10/h3-4,6-8H,2H2,1H3,(H,9,10). The summed E-state index contributed by atoms with van der Waals surface area (Å²) < 4.78 is 0. The van der Waals surface area contributed by atoms with Crippen LogP contribution in [0.3, 0.4) is 0 Å². The summed E-state index contributed by atoms with van der Waals surface area (Å²) in [6, 6.07) is -0.794. The van der Waals surface area contributed by atoms with Gasteiger partial charge in [0.2, 0.25) is 0 Å². The average molecular weight is 149 g/mol. The van der Waals surface area contributed by atoms with Gasteiger partial charge in [-0.25, -0.2) is 4.79 Å². The lowest BCUT2D eigenvalue weighted by molar-refractivity contribution is 0.0988. The summed E-state index contributed by atoms with van der Waals surface area (Å²) in [6.07, 6.45) is -2.12. The minimum atomic E-state index is -1.25. The lowest BCUT2D eigenvalue weighted by Crippen LogP contribution is -2.43. The van der Waals surface area contributed by atoms with Crippen LogP contribution in [0, 0.1) is 0 Å². The molecule has 10 heavy (non-hydrogen) atoms. The summed E-state index contributed by atoms with van der Waals surface area (Å²) in [4.78, 5) is 9.94. The van der Waals surface area contributed by atoms with Gasteiger partial charge in [-0.15, -0.1) is 0 Å². The number of nitrogens with one attached hydrogen (secondary N) is 1. The molecule has 0 aromatic heterocycles. The summed E-state index contributed by atoms with van der Waals surface area (Å²) in [5.74, 6) is 0. The Bertz CT molecular complexity index is 114. The zero-order chi connectivity index (χ0) is 8.15. The Kier molecular flexibility index (Phi) is 3.75. The maximum Gasteiger partial charge on any atom is 0.405 e. The minimum absolute atomic E-state index is 0.399. The van der Waals surface area contributed by atoms with E-state index in [0.717, 1.165) is 0 Å². The van der Waals surface area contributed by atoms with Crippen molar-refractivity contribution in [2.75, 3.05) is 6.61 Å². The van der Waals surface area contributed by atoms with Gasteiger partial charge in [-0.3, -0.25) is 0 Å². The maximum absolute atomic E-state index is 9.94. The van der Waals surface area contributed by atoms with Crippen molar-refractivity contribution in [2.24, 2.45) is 0 Å². The van der Waals surface area contributed by atoms with Gasteiger partial charge in [0, 0.05) is 0 Å². The van der Waals surface area contributed by atoms with Gasteiger partial charge in [0.15, 0.2) is 0 Å². The fourth-order valence-corrected chi connectivity index (χ4v) is 0.477. The van der Waals surface area contributed by atoms with Gasteiger partial charge in [0.05, 0.1) is 18.8 Å². The van der Waals surface area contributed by atoms with E-state index in [2.05, 4.69) is 0 Å². The number of rotatable bonds is 3. The smallest absolute Gasteiger partial charge is 0.405 e. The lowest BCUT2D eigenvalue weighted by Gasteiger charge is -2.16. The quantitative estimate of drug-likeness (QED) is 0.414. The van der Waals surface area contributed by atoms with Crippen LogP contribution in [0.4, 0.5) is 4.79 Å². The first-order valence-electron chi connectivity index (χ1n) is 2.86. The topological polar surface area (TPSA) is 89.8 Å². The van der Waals surface area contributed by atoms with Crippen LogP contribution in [-0.4, -0.2) is 40.2 Å². The SMILES string of the molecule is CC(O)C(CO)NC(=O)O. The van der Waals surface area contributed by atoms with Crippen LogP contribution in [0.25, 0.3) is 0 Å². The van der Waals surface area contributed by atoms with Gasteiger partial charge in [0.25, 0.3) is 0 Å². The van der Waals surface area contributed by atoms with E-state index in [9.17, 15) is 4.79 Å². The average Bonchev–Trinajstić information content (AvgIpc) is 1.81. The molecule has 0 fully saturated rings. The minimum Gasteiger partial charge on any atom is -0.465 e. The molecule has 1 amide bonds. The molecule has 0 aliphatic carbocycles. The molecule has 0 spiro atoms. The van der Waals surface area contributed by atoms with Crippen molar-refractivity contribution in [2.45, 2.75) is 19.1 Å². The van der Waals surface area contributed by atoms with Gasteiger partial charge < -0.3 is 20.6 Å². The number of hydrogen-bond donors (Lipinski definition) is 4. The summed E-state index contributed by atoms with van der Waals surface area (Å²) in [5.41, 5.74) is 0. The number of aliphatic hydroxyl groups is 2. The summed E-state index contributed by atoms with van der Waals surface area (Å²) in [6.45, 7) is 1.00. The van der Waals surface area contributed by atoms with Crippen molar-refractivity contribution in [1.29, 1.82) is 0 Å². The highest BCUT2D eigenvalue weighted by molar-refractivity contribution is 5.64. The Morgan fingerprint density at radius 2 is 2.20 bits per heavy atom. The third-order valence-corrected chi connectivity index (χ3v) is 1.09. The van der Waals surface area contributed by atoms with E-state index in [-0.39, 0.29) is 0 Å². The highest BCUT2D eigenvalue weighted by Gasteiger charge is 2.14. The van der Waals surface area contributed by atoms with E-state index in [4.69, 9.17) is 15.3 Å². The van der Waals surface area contributed by atoms with Crippen LogP contribution in [0.15, 0.2) is 0 Å². The van der Waals surface area contributed by atoms with E-state index in [0.29, 0.717) is 0 Å². The van der Waals surface area contributed by atoms with E-state index >= 15 is 0 Å². The molecule has 0 rings (SSSR count). The van der Waals surface area contributed by atoms with Crippen molar-refractivity contribution < 1.29 is 20.1 Å². The Balaban J connectivity index is 3.71. The van der Waals surface area contributed by atoms with Crippen molar-refractivity contribution in [1.82, 2.24) is 5.32 Å². The van der Waals surface area contributed by atoms with Crippen LogP contribution in [-0.2, 0) is 0 Å². The molecular weight excluding hydrogens is 138 g/mol. The summed E-state index contributed by atoms with van der Waals surface area (Å²) >= 11 is 0. The molecule has 0 aliphatic heterocycles. The molecule has 0 aromatic carbocycles. The molecular formula is C5H11NO4. The van der Waals surface area contributed by atoms with Gasteiger partial charge in [-0.05, 0) is 6.92 Å². The van der Waals surface area contributed by atoms with Crippen molar-refractivity contribution >= 4 is 6.09 Å². The third kappa shape index (κ3) is 3.26. The second-order valence-electron chi connectivity index (χ2n) is 1.98. The first-order valence-corrected chi connectivity index (χ1v) is 2.86. The molecule has 5 heteroatoms. The molecule has 60 valence electrons. The molecule has 0 saturated carbocycles. The monoisotopic (exact) mass is 149 g/mol. The number of carboxylic acid groups (broad SMARTS) is 1. The molecule has 0 aliphatic rings. The van der Waals surface area contributed by atoms with E-state index in [1.807, 2.05) is 5.32 Å². The second kappa shape index (κ2) is 4.08. The largest absolute Gasteiger partial charge is 0.465 e. The number of carbonyl (C=O) groups is 1. The Labute approximate surface area is 58.3 Å².